The van der Waals surface area contributed by atoms with Crippen LogP contribution in [0, 0.1) is 0 Å². The molecule has 0 saturated carbocycles. The topological polar surface area (TPSA) is 145 Å². The highest BCUT2D eigenvalue weighted by atomic mass is 16.5. The summed E-state index contributed by atoms with van der Waals surface area (Å²) in [5.41, 5.74) is 3.15. The molecule has 2 aromatic carbocycles. The van der Waals surface area contributed by atoms with Crippen LogP contribution in [0.25, 0.3) is 28.0 Å². The molecule has 0 bridgehead atoms. The third-order valence-corrected chi connectivity index (χ3v) is 7.77. The van der Waals surface area contributed by atoms with Crippen LogP contribution in [-0.2, 0) is 18.3 Å². The molecule has 1 aliphatic heterocycles. The Morgan fingerprint density at radius 2 is 1.83 bits per heavy atom. The SMILES string of the molecule is COC(=O)c1ccc(-c2ccc(-n3c(=O)n([C@H]4CCN(Cc5ncc(C(=O)O)n5C)C4)c4ncccc43)c(O)c2)cc1. The molecule has 1 fully saturated rings. The summed E-state index contributed by atoms with van der Waals surface area (Å²) in [6.45, 7) is 1.70. The first-order valence-electron chi connectivity index (χ1n) is 13.3. The number of imidazole rings is 2. The van der Waals surface area contributed by atoms with E-state index in [1.54, 1.807) is 70.9 Å². The first-order valence-corrected chi connectivity index (χ1v) is 13.3. The molecule has 0 spiro atoms. The zero-order chi connectivity index (χ0) is 29.5. The standard InChI is InChI=1S/C30H28N6O6/c1-33-24(28(38)39)15-32-26(33)17-34-13-11-21(16-34)35-27-23(4-3-12-31-27)36(30(35)41)22-10-9-20(14-25(22)37)18-5-7-19(8-6-18)29(40)42-2/h3-10,12,14-15,21,37H,11,13,16-17H2,1-2H3,(H,38,39)/t21-/m0/s1. The number of esters is 1. The number of carboxylic acid groups (broad SMARTS) is 1. The summed E-state index contributed by atoms with van der Waals surface area (Å²) in [6, 6.07) is 15.3. The number of benzene rings is 2. The van der Waals surface area contributed by atoms with Gasteiger partial charge in [-0.2, -0.15) is 0 Å². The lowest BCUT2D eigenvalue weighted by Gasteiger charge is -2.16. The number of likely N-dealkylation sites (tertiary alicyclic amines) is 1. The van der Waals surface area contributed by atoms with E-state index in [0.717, 1.165) is 5.56 Å². The molecule has 42 heavy (non-hydrogen) atoms. The number of hydrogen-bond acceptors (Lipinski definition) is 8. The van der Waals surface area contributed by atoms with Gasteiger partial charge in [-0.25, -0.2) is 24.4 Å². The second kappa shape index (κ2) is 10.6. The van der Waals surface area contributed by atoms with Gasteiger partial charge < -0.3 is 19.5 Å². The first-order chi connectivity index (χ1) is 20.3. The summed E-state index contributed by atoms with van der Waals surface area (Å²) in [4.78, 5) is 48.0. The number of hydrogen-bond donors (Lipinski definition) is 2. The number of phenolic OH excluding ortho intramolecular Hbond substituents is 1. The van der Waals surface area contributed by atoms with Crippen LogP contribution in [0.1, 0.15) is 39.1 Å². The average molecular weight is 569 g/mol. The summed E-state index contributed by atoms with van der Waals surface area (Å²) in [7, 11) is 3.00. The molecule has 0 amide bonds. The zero-order valence-electron chi connectivity index (χ0n) is 23.0. The van der Waals surface area contributed by atoms with Crippen molar-refractivity contribution in [2.24, 2.45) is 7.05 Å². The van der Waals surface area contributed by atoms with E-state index in [1.807, 2.05) is 6.07 Å². The Kier molecular flexibility index (Phi) is 6.83. The molecule has 12 nitrogen and oxygen atoms in total. The lowest BCUT2D eigenvalue weighted by molar-refractivity contribution is 0.0599. The number of nitrogens with zero attached hydrogens (tertiary/aromatic N) is 6. The Labute approximate surface area is 239 Å². The molecule has 2 N–H and O–H groups in total. The van der Waals surface area contributed by atoms with Crippen LogP contribution in [0.5, 0.6) is 5.75 Å². The van der Waals surface area contributed by atoms with Crippen LogP contribution in [-0.4, -0.2) is 70.9 Å². The number of carboxylic acids is 1. The van der Waals surface area contributed by atoms with E-state index in [-0.39, 0.29) is 23.2 Å². The normalized spacial score (nSPS) is 15.3. The molecule has 1 saturated heterocycles. The molecule has 5 aromatic rings. The van der Waals surface area contributed by atoms with Gasteiger partial charge in [0, 0.05) is 26.3 Å². The summed E-state index contributed by atoms with van der Waals surface area (Å²) in [5, 5.41) is 20.4. The Morgan fingerprint density at radius 1 is 1.07 bits per heavy atom. The van der Waals surface area contributed by atoms with Crippen LogP contribution >= 0.6 is 0 Å². The van der Waals surface area contributed by atoms with Crippen LogP contribution in [0.2, 0.25) is 0 Å². The minimum absolute atomic E-state index is 0.0772. The van der Waals surface area contributed by atoms with E-state index >= 15 is 0 Å². The van der Waals surface area contributed by atoms with E-state index in [0.29, 0.717) is 59.9 Å². The van der Waals surface area contributed by atoms with Gasteiger partial charge in [-0.1, -0.05) is 18.2 Å². The van der Waals surface area contributed by atoms with Crippen LogP contribution in [0.3, 0.4) is 0 Å². The molecule has 0 unspecified atom stereocenters. The van der Waals surface area contributed by atoms with Crippen LogP contribution in [0.4, 0.5) is 0 Å². The maximum absolute atomic E-state index is 13.9. The number of rotatable bonds is 7. The number of aromatic carboxylic acids is 1. The molecule has 3 aromatic heterocycles. The van der Waals surface area contributed by atoms with Gasteiger partial charge in [0.1, 0.15) is 17.3 Å². The van der Waals surface area contributed by atoms with E-state index < -0.39 is 11.9 Å². The number of carbonyl (C=O) groups is 2. The fourth-order valence-electron chi connectivity index (χ4n) is 5.58. The second-order valence-corrected chi connectivity index (χ2v) is 10.2. The van der Waals surface area contributed by atoms with Crippen LogP contribution in [0.15, 0.2) is 71.8 Å². The fourth-order valence-corrected chi connectivity index (χ4v) is 5.58. The van der Waals surface area contributed by atoms with E-state index in [2.05, 4.69) is 14.9 Å². The van der Waals surface area contributed by atoms with Crippen molar-refractivity contribution in [2.45, 2.75) is 19.0 Å². The molecule has 1 atom stereocenters. The fraction of sp³-hybridized carbons (Fsp3) is 0.233. The largest absolute Gasteiger partial charge is 0.506 e. The predicted octanol–water partition coefficient (Wildman–Crippen LogP) is 3.23. The van der Waals surface area contributed by atoms with Crippen molar-refractivity contribution < 1.29 is 24.5 Å². The number of phenols is 1. The Bertz CT molecular complexity index is 1890. The lowest BCUT2D eigenvalue weighted by Crippen LogP contribution is -2.29. The molecule has 0 aliphatic carbocycles. The minimum Gasteiger partial charge on any atom is -0.506 e. The highest BCUT2D eigenvalue weighted by Gasteiger charge is 2.30. The smallest absolute Gasteiger partial charge is 0.354 e. The number of ether oxygens (including phenoxy) is 1. The Balaban J connectivity index is 1.31. The van der Waals surface area contributed by atoms with Crippen molar-refractivity contribution in [3.05, 3.63) is 94.6 Å². The van der Waals surface area contributed by atoms with Crippen molar-refractivity contribution in [3.8, 4) is 22.6 Å². The summed E-state index contributed by atoms with van der Waals surface area (Å²) in [6.07, 6.45) is 3.68. The maximum Gasteiger partial charge on any atom is 0.354 e. The quantitative estimate of drug-likeness (QED) is 0.283. The zero-order valence-corrected chi connectivity index (χ0v) is 23.0. The Morgan fingerprint density at radius 3 is 2.52 bits per heavy atom. The number of pyridine rings is 1. The van der Waals surface area contributed by atoms with Crippen molar-refractivity contribution in [3.63, 3.8) is 0 Å². The summed E-state index contributed by atoms with van der Waals surface area (Å²) >= 11 is 0. The summed E-state index contributed by atoms with van der Waals surface area (Å²) < 4.78 is 9.47. The molecule has 1 aliphatic rings. The maximum atomic E-state index is 13.9. The molecule has 12 heteroatoms. The monoisotopic (exact) mass is 568 g/mol. The van der Waals surface area contributed by atoms with E-state index in [4.69, 9.17) is 4.74 Å². The molecule has 0 radical (unpaired) electrons. The third-order valence-electron chi connectivity index (χ3n) is 7.77. The van der Waals surface area contributed by atoms with Gasteiger partial charge in [0.2, 0.25) is 0 Å². The number of methoxy groups -OCH3 is 1. The van der Waals surface area contributed by atoms with Gasteiger partial charge in [0.25, 0.3) is 0 Å². The molecular formula is C30H28N6O6. The molecule has 4 heterocycles. The van der Waals surface area contributed by atoms with Gasteiger partial charge >= 0.3 is 17.6 Å². The number of carbonyl (C=O) groups excluding carboxylic acids is 1. The molecular weight excluding hydrogens is 540 g/mol. The lowest BCUT2D eigenvalue weighted by atomic mass is 10.0. The first kappa shape index (κ1) is 27.0. The number of aromatic nitrogens is 5. The number of aromatic hydroxyl groups is 1. The average Bonchev–Trinajstić information content (AvgIpc) is 3.68. The van der Waals surface area contributed by atoms with Crippen molar-refractivity contribution in [1.82, 2.24) is 28.6 Å². The number of fused-ring (bicyclic) bond motifs is 1. The van der Waals surface area contributed by atoms with Crippen LogP contribution < -0.4 is 5.69 Å². The van der Waals surface area contributed by atoms with Crippen molar-refractivity contribution in [2.75, 3.05) is 20.2 Å². The van der Waals surface area contributed by atoms with Gasteiger partial charge in [0.05, 0.1) is 42.7 Å². The van der Waals surface area contributed by atoms with Crippen molar-refractivity contribution in [1.29, 1.82) is 0 Å². The highest BCUT2D eigenvalue weighted by Crippen LogP contribution is 2.32. The molecule has 6 rings (SSSR count). The van der Waals surface area contributed by atoms with E-state index in [1.165, 1.54) is 17.9 Å². The highest BCUT2D eigenvalue weighted by molar-refractivity contribution is 5.90. The third kappa shape index (κ3) is 4.61. The second-order valence-electron chi connectivity index (χ2n) is 10.2. The molecule has 214 valence electrons. The van der Waals surface area contributed by atoms with Gasteiger partial charge in [0.15, 0.2) is 5.65 Å². The van der Waals surface area contributed by atoms with E-state index in [9.17, 15) is 24.6 Å². The van der Waals surface area contributed by atoms with Gasteiger partial charge in [-0.05, 0) is 53.9 Å². The van der Waals surface area contributed by atoms with Gasteiger partial charge in [-0.3, -0.25) is 14.0 Å². The van der Waals surface area contributed by atoms with Gasteiger partial charge in [-0.15, -0.1) is 0 Å². The predicted molar refractivity (Wildman–Crippen MR) is 153 cm³/mol. The Hall–Kier alpha value is -5.23. The van der Waals surface area contributed by atoms with Crippen molar-refractivity contribution >= 4 is 23.1 Å². The minimum atomic E-state index is -1.03. The summed E-state index contributed by atoms with van der Waals surface area (Å²) in [5.74, 6) is -0.912.